The van der Waals surface area contributed by atoms with Gasteiger partial charge in [0, 0.05) is 23.9 Å². The number of rotatable bonds is 5. The summed E-state index contributed by atoms with van der Waals surface area (Å²) in [7, 11) is 0. The Morgan fingerprint density at radius 2 is 2.09 bits per heavy atom. The number of benzene rings is 1. The summed E-state index contributed by atoms with van der Waals surface area (Å²) >= 11 is 0. The van der Waals surface area contributed by atoms with E-state index in [1.807, 2.05) is 25.1 Å². The Balaban J connectivity index is 2.01. The van der Waals surface area contributed by atoms with Crippen molar-refractivity contribution in [3.05, 3.63) is 71.3 Å². The van der Waals surface area contributed by atoms with Gasteiger partial charge in [0.15, 0.2) is 5.82 Å². The number of hydrogen-bond donors (Lipinski definition) is 2. The van der Waals surface area contributed by atoms with Crippen LogP contribution in [0.3, 0.4) is 0 Å². The van der Waals surface area contributed by atoms with Crippen LogP contribution in [0.2, 0.25) is 0 Å². The Labute approximate surface area is 133 Å². The molecule has 2 heterocycles. The van der Waals surface area contributed by atoms with Gasteiger partial charge in [-0.05, 0) is 48.9 Å². The first-order valence-electron chi connectivity index (χ1n) is 7.15. The van der Waals surface area contributed by atoms with E-state index in [1.165, 1.54) is 0 Å². The van der Waals surface area contributed by atoms with Crippen molar-refractivity contribution < 1.29 is 9.21 Å². The number of hydrogen-bond acceptors (Lipinski definition) is 5. The molecule has 0 bridgehead atoms. The Kier molecular flexibility index (Phi) is 4.05. The number of nitrogens with zero attached hydrogens (tertiary/aromatic N) is 2. The van der Waals surface area contributed by atoms with Crippen molar-refractivity contribution in [3.63, 3.8) is 0 Å². The lowest BCUT2D eigenvalue weighted by atomic mass is 10.0. The number of amides is 1. The molecular formula is C17H16N4O2. The van der Waals surface area contributed by atoms with E-state index in [-0.39, 0.29) is 0 Å². The van der Waals surface area contributed by atoms with E-state index < -0.39 is 5.91 Å². The van der Waals surface area contributed by atoms with E-state index in [1.54, 1.807) is 30.5 Å². The van der Waals surface area contributed by atoms with E-state index in [9.17, 15) is 4.79 Å². The Morgan fingerprint density at radius 3 is 2.74 bits per heavy atom. The van der Waals surface area contributed by atoms with Gasteiger partial charge in [0.05, 0.1) is 0 Å². The highest BCUT2D eigenvalue weighted by molar-refractivity contribution is 5.96. The fourth-order valence-corrected chi connectivity index (χ4v) is 2.39. The number of aromatic nitrogens is 2. The summed E-state index contributed by atoms with van der Waals surface area (Å²) in [5.74, 6) is 1.69. The van der Waals surface area contributed by atoms with Crippen molar-refractivity contribution in [2.24, 2.45) is 5.73 Å². The highest BCUT2D eigenvalue weighted by Crippen LogP contribution is 2.26. The first-order valence-corrected chi connectivity index (χ1v) is 7.15. The van der Waals surface area contributed by atoms with Crippen LogP contribution in [0.25, 0.3) is 0 Å². The SMILES string of the molecule is Cc1ccc(Cc2c(Nc3cccnn3)cccc2C(N)=O)o1. The van der Waals surface area contributed by atoms with Gasteiger partial charge in [0.2, 0.25) is 5.91 Å². The van der Waals surface area contributed by atoms with Crippen LogP contribution in [0.4, 0.5) is 11.5 Å². The molecule has 0 saturated heterocycles. The monoisotopic (exact) mass is 308 g/mol. The Hall–Kier alpha value is -3.15. The molecule has 1 aromatic carbocycles. The van der Waals surface area contributed by atoms with Gasteiger partial charge < -0.3 is 15.5 Å². The summed E-state index contributed by atoms with van der Waals surface area (Å²) in [5, 5.41) is 11.0. The fraction of sp³-hybridized carbons (Fsp3) is 0.118. The number of carbonyl (C=O) groups is 1. The average molecular weight is 308 g/mol. The van der Waals surface area contributed by atoms with Crippen LogP contribution in [-0.4, -0.2) is 16.1 Å². The van der Waals surface area contributed by atoms with Crippen LogP contribution in [0.5, 0.6) is 0 Å². The molecule has 0 aliphatic heterocycles. The summed E-state index contributed by atoms with van der Waals surface area (Å²) in [4.78, 5) is 11.8. The zero-order chi connectivity index (χ0) is 16.2. The lowest BCUT2D eigenvalue weighted by Gasteiger charge is -2.13. The Morgan fingerprint density at radius 1 is 1.22 bits per heavy atom. The predicted molar refractivity (Wildman–Crippen MR) is 86.5 cm³/mol. The minimum Gasteiger partial charge on any atom is -0.466 e. The number of furan rings is 1. The van der Waals surface area contributed by atoms with Crippen LogP contribution >= 0.6 is 0 Å². The highest BCUT2D eigenvalue weighted by Gasteiger charge is 2.15. The van der Waals surface area contributed by atoms with Crippen LogP contribution < -0.4 is 11.1 Å². The summed E-state index contributed by atoms with van der Waals surface area (Å²) in [6, 6.07) is 12.7. The van der Waals surface area contributed by atoms with Gasteiger partial charge in [0.25, 0.3) is 0 Å². The third kappa shape index (κ3) is 3.37. The lowest BCUT2D eigenvalue weighted by molar-refractivity contribution is 0.0999. The molecule has 0 aliphatic carbocycles. The molecule has 0 fully saturated rings. The summed E-state index contributed by atoms with van der Waals surface area (Å²) in [6.07, 6.45) is 2.05. The zero-order valence-electron chi connectivity index (χ0n) is 12.6. The summed E-state index contributed by atoms with van der Waals surface area (Å²) in [6.45, 7) is 1.88. The molecule has 23 heavy (non-hydrogen) atoms. The molecule has 116 valence electrons. The van der Waals surface area contributed by atoms with Crippen molar-refractivity contribution in [2.45, 2.75) is 13.3 Å². The normalized spacial score (nSPS) is 10.5. The molecule has 6 nitrogen and oxygen atoms in total. The van der Waals surface area contributed by atoms with E-state index >= 15 is 0 Å². The molecule has 0 unspecified atom stereocenters. The van der Waals surface area contributed by atoms with Crippen molar-refractivity contribution in [1.82, 2.24) is 10.2 Å². The third-order valence-electron chi connectivity index (χ3n) is 3.42. The van der Waals surface area contributed by atoms with Crippen LogP contribution in [0.1, 0.15) is 27.4 Å². The van der Waals surface area contributed by atoms with Gasteiger partial charge in [0.1, 0.15) is 11.5 Å². The molecule has 3 rings (SSSR count). The fourth-order valence-electron chi connectivity index (χ4n) is 2.39. The van der Waals surface area contributed by atoms with Crippen molar-refractivity contribution in [2.75, 3.05) is 5.32 Å². The highest BCUT2D eigenvalue weighted by atomic mass is 16.3. The molecule has 1 amide bonds. The van der Waals surface area contributed by atoms with E-state index in [4.69, 9.17) is 10.2 Å². The second-order valence-corrected chi connectivity index (χ2v) is 5.12. The van der Waals surface area contributed by atoms with Crippen LogP contribution in [0, 0.1) is 6.92 Å². The largest absolute Gasteiger partial charge is 0.466 e. The Bertz CT molecular complexity index is 828. The van der Waals surface area contributed by atoms with Crippen molar-refractivity contribution in [3.8, 4) is 0 Å². The van der Waals surface area contributed by atoms with Gasteiger partial charge in [-0.1, -0.05) is 6.07 Å². The second-order valence-electron chi connectivity index (χ2n) is 5.12. The molecule has 2 aromatic heterocycles. The quantitative estimate of drug-likeness (QED) is 0.756. The number of primary amides is 1. The lowest BCUT2D eigenvalue weighted by Crippen LogP contribution is -2.15. The molecule has 3 N–H and O–H groups in total. The van der Waals surface area contributed by atoms with E-state index in [2.05, 4.69) is 15.5 Å². The van der Waals surface area contributed by atoms with Gasteiger partial charge in [-0.25, -0.2) is 0 Å². The number of nitrogens with two attached hydrogens (primary N) is 1. The molecule has 0 radical (unpaired) electrons. The second kappa shape index (κ2) is 6.31. The molecule has 0 aliphatic rings. The van der Waals surface area contributed by atoms with Crippen LogP contribution in [0.15, 0.2) is 53.1 Å². The smallest absolute Gasteiger partial charge is 0.249 e. The minimum atomic E-state index is -0.480. The molecular weight excluding hydrogens is 292 g/mol. The molecule has 3 aromatic rings. The number of carbonyl (C=O) groups excluding carboxylic acids is 1. The summed E-state index contributed by atoms with van der Waals surface area (Å²) in [5.41, 5.74) is 7.47. The first-order chi connectivity index (χ1) is 11.1. The van der Waals surface area contributed by atoms with Crippen molar-refractivity contribution in [1.29, 1.82) is 0 Å². The maximum Gasteiger partial charge on any atom is 0.249 e. The van der Waals surface area contributed by atoms with Gasteiger partial charge in [-0.15, -0.1) is 5.10 Å². The third-order valence-corrected chi connectivity index (χ3v) is 3.42. The van der Waals surface area contributed by atoms with E-state index in [0.29, 0.717) is 17.8 Å². The van der Waals surface area contributed by atoms with Crippen molar-refractivity contribution >= 4 is 17.4 Å². The molecule has 6 heteroatoms. The molecule has 0 saturated carbocycles. The zero-order valence-corrected chi connectivity index (χ0v) is 12.6. The molecule has 0 spiro atoms. The topological polar surface area (TPSA) is 94.0 Å². The maximum atomic E-state index is 11.8. The number of aryl methyl sites for hydroxylation is 1. The standard InChI is InChI=1S/C17H16N4O2/c1-11-7-8-12(23-11)10-14-13(17(18)22)4-2-5-15(14)20-16-6-3-9-19-21-16/h2-9H,10H2,1H3,(H2,18,22)(H,20,21). The number of nitrogens with one attached hydrogen (secondary N) is 1. The average Bonchev–Trinajstić information content (AvgIpc) is 2.95. The maximum absolute atomic E-state index is 11.8. The number of anilines is 2. The van der Waals surface area contributed by atoms with Gasteiger partial charge in [-0.2, -0.15) is 5.10 Å². The van der Waals surface area contributed by atoms with Crippen LogP contribution in [-0.2, 0) is 6.42 Å². The predicted octanol–water partition coefficient (Wildman–Crippen LogP) is 2.81. The molecule has 0 atom stereocenters. The van der Waals surface area contributed by atoms with Gasteiger partial charge >= 0.3 is 0 Å². The van der Waals surface area contributed by atoms with Gasteiger partial charge in [-0.3, -0.25) is 4.79 Å². The first kappa shape index (κ1) is 14.8. The summed E-state index contributed by atoms with van der Waals surface area (Å²) < 4.78 is 5.62. The minimum absolute atomic E-state index is 0.452. The van der Waals surface area contributed by atoms with E-state index in [0.717, 1.165) is 22.8 Å².